The number of aliphatic hydroxyl groups is 1. The van der Waals surface area contributed by atoms with Gasteiger partial charge in [0.2, 0.25) is 0 Å². The summed E-state index contributed by atoms with van der Waals surface area (Å²) in [6.45, 7) is 1.73. The predicted octanol–water partition coefficient (Wildman–Crippen LogP) is 2.82. The minimum atomic E-state index is -1.31. The molecule has 1 atom stereocenters. The number of carbonyl (C=O) groups is 1. The summed E-state index contributed by atoms with van der Waals surface area (Å²) in [5.41, 5.74) is -0.951. The highest BCUT2D eigenvalue weighted by molar-refractivity contribution is 6.31. The van der Waals surface area contributed by atoms with Crippen LogP contribution in [0.4, 0.5) is 9.18 Å². The highest BCUT2D eigenvalue weighted by Crippen LogP contribution is 2.20. The molecule has 0 aliphatic carbocycles. The predicted molar refractivity (Wildman–Crippen MR) is 84.8 cm³/mol. The van der Waals surface area contributed by atoms with Crippen molar-refractivity contribution >= 4 is 17.6 Å². The zero-order valence-electron chi connectivity index (χ0n) is 12.6. The number of hydrogen-bond acceptors (Lipinski definition) is 3. The van der Waals surface area contributed by atoms with Gasteiger partial charge < -0.3 is 20.2 Å². The van der Waals surface area contributed by atoms with Crippen LogP contribution in [0.1, 0.15) is 18.2 Å². The first-order valence-electron chi connectivity index (χ1n) is 7.11. The lowest BCUT2D eigenvalue weighted by Gasteiger charge is -2.21. The molecule has 124 valence electrons. The fourth-order valence-corrected chi connectivity index (χ4v) is 2.32. The average Bonchev–Trinajstić information content (AvgIpc) is 3.03. The molecule has 0 aliphatic heterocycles. The lowest BCUT2D eigenvalue weighted by molar-refractivity contribution is 0.0367. The molecule has 1 aromatic heterocycles. The number of urea groups is 1. The normalized spacial score (nSPS) is 13.4. The first kappa shape index (κ1) is 17.3. The van der Waals surface area contributed by atoms with Crippen molar-refractivity contribution in [2.24, 2.45) is 0 Å². The van der Waals surface area contributed by atoms with Crippen LogP contribution in [0.3, 0.4) is 0 Å². The number of carbonyl (C=O) groups excluding carboxylic acids is 1. The summed E-state index contributed by atoms with van der Waals surface area (Å²) >= 11 is 5.91. The Morgan fingerprint density at radius 1 is 1.35 bits per heavy atom. The van der Waals surface area contributed by atoms with E-state index >= 15 is 0 Å². The SMILES string of the molecule is CC(O)(CNC(=O)NCCc1c(F)cccc1Cl)c1ccco1. The van der Waals surface area contributed by atoms with Crippen LogP contribution in [0.15, 0.2) is 41.0 Å². The number of halogens is 2. The molecule has 7 heteroatoms. The molecule has 3 N–H and O–H groups in total. The number of furan rings is 1. The Balaban J connectivity index is 1.78. The second-order valence-corrected chi connectivity index (χ2v) is 5.72. The van der Waals surface area contributed by atoms with Crippen molar-refractivity contribution in [1.82, 2.24) is 10.6 Å². The minimum absolute atomic E-state index is 0.0210. The van der Waals surface area contributed by atoms with Gasteiger partial charge in [0.1, 0.15) is 17.2 Å². The van der Waals surface area contributed by atoms with E-state index in [1.54, 1.807) is 18.2 Å². The van der Waals surface area contributed by atoms with Gasteiger partial charge in [-0.25, -0.2) is 9.18 Å². The minimum Gasteiger partial charge on any atom is -0.466 e. The third kappa shape index (κ3) is 4.71. The maximum atomic E-state index is 13.6. The highest BCUT2D eigenvalue weighted by atomic mass is 35.5. The molecule has 2 rings (SSSR count). The molecule has 23 heavy (non-hydrogen) atoms. The lowest BCUT2D eigenvalue weighted by atomic mass is 10.0. The summed E-state index contributed by atoms with van der Waals surface area (Å²) in [5.74, 6) is -0.0450. The first-order valence-corrected chi connectivity index (χ1v) is 7.49. The van der Waals surface area contributed by atoms with Crippen molar-refractivity contribution in [2.75, 3.05) is 13.1 Å². The van der Waals surface area contributed by atoms with Crippen LogP contribution in [-0.2, 0) is 12.0 Å². The Morgan fingerprint density at radius 2 is 2.13 bits per heavy atom. The topological polar surface area (TPSA) is 74.5 Å². The molecule has 0 saturated heterocycles. The lowest BCUT2D eigenvalue weighted by Crippen LogP contribution is -2.43. The van der Waals surface area contributed by atoms with Crippen molar-refractivity contribution in [1.29, 1.82) is 0 Å². The number of rotatable bonds is 6. The molecule has 2 amide bonds. The van der Waals surface area contributed by atoms with Crippen LogP contribution in [0.25, 0.3) is 0 Å². The van der Waals surface area contributed by atoms with E-state index in [9.17, 15) is 14.3 Å². The Morgan fingerprint density at radius 3 is 2.78 bits per heavy atom. The van der Waals surface area contributed by atoms with E-state index in [2.05, 4.69) is 10.6 Å². The van der Waals surface area contributed by atoms with E-state index in [1.165, 1.54) is 25.3 Å². The molecular formula is C16H18ClFN2O3. The Bertz CT molecular complexity index is 639. The number of benzene rings is 1. The van der Waals surface area contributed by atoms with Gasteiger partial charge in [-0.2, -0.15) is 0 Å². The highest BCUT2D eigenvalue weighted by Gasteiger charge is 2.26. The first-order chi connectivity index (χ1) is 10.9. The summed E-state index contributed by atoms with van der Waals surface area (Å²) in [4.78, 5) is 11.7. The van der Waals surface area contributed by atoms with Crippen LogP contribution >= 0.6 is 11.6 Å². The third-order valence-corrected chi connectivity index (χ3v) is 3.72. The smallest absolute Gasteiger partial charge is 0.314 e. The Kier molecular flexibility index (Phi) is 5.63. The van der Waals surface area contributed by atoms with Crippen molar-refractivity contribution < 1.29 is 18.7 Å². The van der Waals surface area contributed by atoms with Crippen LogP contribution in [0.5, 0.6) is 0 Å². The van der Waals surface area contributed by atoms with Gasteiger partial charge in [-0.3, -0.25) is 0 Å². The molecule has 0 fully saturated rings. The van der Waals surface area contributed by atoms with Crippen LogP contribution < -0.4 is 10.6 Å². The summed E-state index contributed by atoms with van der Waals surface area (Å²) in [5, 5.41) is 15.6. The summed E-state index contributed by atoms with van der Waals surface area (Å²) in [7, 11) is 0. The molecular weight excluding hydrogens is 323 g/mol. The Hall–Kier alpha value is -2.05. The summed E-state index contributed by atoms with van der Waals surface area (Å²) in [6.07, 6.45) is 1.72. The van der Waals surface area contributed by atoms with Crippen molar-refractivity contribution in [2.45, 2.75) is 18.9 Å². The van der Waals surface area contributed by atoms with Crippen molar-refractivity contribution in [3.63, 3.8) is 0 Å². The summed E-state index contributed by atoms with van der Waals surface area (Å²) < 4.78 is 18.7. The van der Waals surface area contributed by atoms with E-state index < -0.39 is 17.4 Å². The van der Waals surface area contributed by atoms with E-state index in [1.807, 2.05) is 0 Å². The maximum Gasteiger partial charge on any atom is 0.314 e. The van der Waals surface area contributed by atoms with Gasteiger partial charge in [0.05, 0.1) is 12.8 Å². The molecule has 1 aromatic carbocycles. The van der Waals surface area contributed by atoms with Gasteiger partial charge in [-0.05, 0) is 37.6 Å². The molecule has 1 unspecified atom stereocenters. The maximum absolute atomic E-state index is 13.6. The molecule has 5 nitrogen and oxygen atoms in total. The largest absolute Gasteiger partial charge is 0.466 e. The zero-order valence-corrected chi connectivity index (χ0v) is 13.4. The van der Waals surface area contributed by atoms with Crippen molar-refractivity contribution in [3.8, 4) is 0 Å². The second-order valence-electron chi connectivity index (χ2n) is 5.31. The van der Waals surface area contributed by atoms with Gasteiger partial charge >= 0.3 is 6.03 Å². The summed E-state index contributed by atoms with van der Waals surface area (Å²) in [6, 6.07) is 7.26. The fraction of sp³-hybridized carbons (Fsp3) is 0.312. The molecule has 0 radical (unpaired) electrons. The number of nitrogens with one attached hydrogen (secondary N) is 2. The van der Waals surface area contributed by atoms with E-state index in [4.69, 9.17) is 16.0 Å². The zero-order chi connectivity index (χ0) is 16.9. The quantitative estimate of drug-likeness (QED) is 0.757. The average molecular weight is 341 g/mol. The molecule has 1 heterocycles. The molecule has 2 aromatic rings. The number of amides is 2. The van der Waals surface area contributed by atoms with Gasteiger partial charge in [-0.15, -0.1) is 0 Å². The van der Waals surface area contributed by atoms with E-state index in [0.29, 0.717) is 16.3 Å². The fourth-order valence-electron chi connectivity index (χ4n) is 2.06. The van der Waals surface area contributed by atoms with Crippen LogP contribution in [0.2, 0.25) is 5.02 Å². The van der Waals surface area contributed by atoms with E-state index in [-0.39, 0.29) is 19.5 Å². The molecule has 0 spiro atoms. The van der Waals surface area contributed by atoms with Crippen LogP contribution in [-0.4, -0.2) is 24.2 Å². The van der Waals surface area contributed by atoms with Crippen molar-refractivity contribution in [3.05, 3.63) is 58.8 Å². The third-order valence-electron chi connectivity index (χ3n) is 3.37. The van der Waals surface area contributed by atoms with E-state index in [0.717, 1.165) is 0 Å². The van der Waals surface area contributed by atoms with Gasteiger partial charge in [0.15, 0.2) is 0 Å². The number of hydrogen-bond donors (Lipinski definition) is 3. The molecule has 0 saturated carbocycles. The van der Waals surface area contributed by atoms with Gasteiger partial charge in [0.25, 0.3) is 0 Å². The second kappa shape index (κ2) is 7.48. The standard InChI is InChI=1S/C16H18ClFN2O3/c1-16(22,14-6-3-9-23-14)10-20-15(21)19-8-7-11-12(17)4-2-5-13(11)18/h2-6,9,22H,7-8,10H2,1H3,(H2,19,20,21). The molecule has 0 bridgehead atoms. The Labute approximate surface area is 138 Å². The van der Waals surface area contributed by atoms with Crippen LogP contribution in [0, 0.1) is 5.82 Å². The van der Waals surface area contributed by atoms with Gasteiger partial charge in [-0.1, -0.05) is 17.7 Å². The van der Waals surface area contributed by atoms with Gasteiger partial charge in [0, 0.05) is 17.1 Å². The monoisotopic (exact) mass is 340 g/mol. The molecule has 0 aliphatic rings.